The molecule has 0 aromatic heterocycles. The van der Waals surface area contributed by atoms with Crippen LogP contribution in [0.15, 0.2) is 0 Å². The van der Waals surface area contributed by atoms with E-state index in [0.717, 1.165) is 0 Å². The summed E-state index contributed by atoms with van der Waals surface area (Å²) in [7, 11) is -2.23. The van der Waals surface area contributed by atoms with Crippen LogP contribution >= 0.6 is 0 Å². The SMILES string of the molecule is COC(=O)CCS(=O)(=O)N1CCC[C@H](O)C1. The summed E-state index contributed by atoms with van der Waals surface area (Å²) in [5.41, 5.74) is 0. The van der Waals surface area contributed by atoms with Gasteiger partial charge in [-0.15, -0.1) is 0 Å². The molecule has 7 heteroatoms. The highest BCUT2D eigenvalue weighted by molar-refractivity contribution is 7.89. The number of rotatable bonds is 4. The van der Waals surface area contributed by atoms with Gasteiger partial charge in [-0.3, -0.25) is 4.79 Å². The number of nitrogens with zero attached hydrogens (tertiary/aromatic N) is 1. The molecule has 0 bridgehead atoms. The number of aliphatic hydroxyl groups excluding tert-OH is 1. The van der Waals surface area contributed by atoms with Crippen molar-refractivity contribution in [3.05, 3.63) is 0 Å². The van der Waals surface area contributed by atoms with E-state index in [4.69, 9.17) is 0 Å². The van der Waals surface area contributed by atoms with Gasteiger partial charge >= 0.3 is 5.97 Å². The van der Waals surface area contributed by atoms with Crippen LogP contribution in [0, 0.1) is 0 Å². The van der Waals surface area contributed by atoms with Crippen LogP contribution in [0.5, 0.6) is 0 Å². The number of piperidine rings is 1. The Morgan fingerprint density at radius 3 is 2.81 bits per heavy atom. The lowest BCUT2D eigenvalue weighted by Gasteiger charge is -2.29. The highest BCUT2D eigenvalue weighted by Gasteiger charge is 2.28. The first-order chi connectivity index (χ1) is 7.45. The lowest BCUT2D eigenvalue weighted by Crippen LogP contribution is -2.43. The third kappa shape index (κ3) is 3.73. The average Bonchev–Trinajstić information content (AvgIpc) is 2.26. The molecule has 1 heterocycles. The lowest BCUT2D eigenvalue weighted by molar-refractivity contribution is -0.140. The van der Waals surface area contributed by atoms with E-state index in [2.05, 4.69) is 4.74 Å². The van der Waals surface area contributed by atoms with Crippen LogP contribution in [0.25, 0.3) is 0 Å². The molecule has 0 aliphatic carbocycles. The van der Waals surface area contributed by atoms with E-state index in [-0.39, 0.29) is 18.7 Å². The number of β-amino-alcohol motifs (C(OH)–C–C–N with tert-alkyl or cyclic N) is 1. The predicted octanol–water partition coefficient (Wildman–Crippen LogP) is -0.664. The maximum atomic E-state index is 11.8. The van der Waals surface area contributed by atoms with Gasteiger partial charge in [-0.05, 0) is 12.8 Å². The van der Waals surface area contributed by atoms with Gasteiger partial charge in [0.05, 0.1) is 25.4 Å². The molecule has 0 spiro atoms. The molecule has 94 valence electrons. The minimum absolute atomic E-state index is 0.128. The minimum Gasteiger partial charge on any atom is -0.469 e. The van der Waals surface area contributed by atoms with Gasteiger partial charge in [0, 0.05) is 13.1 Å². The summed E-state index contributed by atoms with van der Waals surface area (Å²) in [5.74, 6) is -0.798. The van der Waals surface area contributed by atoms with Crippen molar-refractivity contribution in [2.75, 3.05) is 26.0 Å². The van der Waals surface area contributed by atoms with E-state index in [9.17, 15) is 18.3 Å². The van der Waals surface area contributed by atoms with Crippen molar-refractivity contribution >= 4 is 16.0 Å². The van der Waals surface area contributed by atoms with Gasteiger partial charge in [-0.25, -0.2) is 8.42 Å². The molecule has 1 rings (SSSR count). The number of aliphatic hydroxyl groups is 1. The highest BCUT2D eigenvalue weighted by Crippen LogP contribution is 2.14. The fraction of sp³-hybridized carbons (Fsp3) is 0.889. The second-order valence-electron chi connectivity index (χ2n) is 3.80. The molecule has 1 aliphatic heterocycles. The molecule has 0 aromatic carbocycles. The van der Waals surface area contributed by atoms with Crippen molar-refractivity contribution in [1.82, 2.24) is 4.31 Å². The van der Waals surface area contributed by atoms with Crippen molar-refractivity contribution in [3.63, 3.8) is 0 Å². The summed E-state index contributed by atoms with van der Waals surface area (Å²) in [4.78, 5) is 10.9. The Balaban J connectivity index is 2.52. The fourth-order valence-corrected chi connectivity index (χ4v) is 3.11. The quantitative estimate of drug-likeness (QED) is 0.670. The highest BCUT2D eigenvalue weighted by atomic mass is 32.2. The van der Waals surface area contributed by atoms with E-state index in [1.165, 1.54) is 11.4 Å². The number of hydrogen-bond acceptors (Lipinski definition) is 5. The van der Waals surface area contributed by atoms with Crippen LogP contribution in [-0.2, 0) is 19.6 Å². The number of ether oxygens (including phenoxy) is 1. The molecule has 1 atom stereocenters. The van der Waals surface area contributed by atoms with Gasteiger partial charge < -0.3 is 9.84 Å². The Kier molecular flexibility index (Phi) is 4.69. The lowest BCUT2D eigenvalue weighted by atomic mass is 10.1. The summed E-state index contributed by atoms with van der Waals surface area (Å²) >= 11 is 0. The summed E-state index contributed by atoms with van der Waals surface area (Å²) < 4.78 is 29.1. The zero-order valence-electron chi connectivity index (χ0n) is 9.26. The standard InChI is InChI=1S/C9H17NO5S/c1-15-9(12)4-6-16(13,14)10-5-2-3-8(11)7-10/h8,11H,2-7H2,1H3/t8-/m0/s1. The third-order valence-electron chi connectivity index (χ3n) is 2.54. The van der Waals surface area contributed by atoms with Crippen molar-refractivity contribution in [2.45, 2.75) is 25.4 Å². The molecule has 0 unspecified atom stereocenters. The molecule has 1 N–H and O–H groups in total. The molecular formula is C9H17NO5S. The van der Waals surface area contributed by atoms with E-state index >= 15 is 0 Å². The molecule has 1 aliphatic rings. The van der Waals surface area contributed by atoms with Crippen LogP contribution in [0.4, 0.5) is 0 Å². The molecule has 16 heavy (non-hydrogen) atoms. The first-order valence-electron chi connectivity index (χ1n) is 5.18. The number of carbonyl (C=O) groups is 1. The molecule has 0 aromatic rings. The largest absolute Gasteiger partial charge is 0.469 e. The first-order valence-corrected chi connectivity index (χ1v) is 6.79. The molecule has 1 fully saturated rings. The second-order valence-corrected chi connectivity index (χ2v) is 5.88. The number of hydrogen-bond donors (Lipinski definition) is 1. The molecular weight excluding hydrogens is 234 g/mol. The monoisotopic (exact) mass is 251 g/mol. The van der Waals surface area contributed by atoms with Gasteiger partial charge in [0.25, 0.3) is 0 Å². The minimum atomic E-state index is -3.45. The van der Waals surface area contributed by atoms with Crippen LogP contribution in [-0.4, -0.2) is 55.9 Å². The Morgan fingerprint density at radius 1 is 1.56 bits per heavy atom. The number of esters is 1. The normalized spacial score (nSPS) is 23.0. The van der Waals surface area contributed by atoms with E-state index in [1.807, 2.05) is 0 Å². The fourth-order valence-electron chi connectivity index (χ4n) is 1.62. The molecule has 1 saturated heterocycles. The van der Waals surface area contributed by atoms with E-state index in [0.29, 0.717) is 19.4 Å². The van der Waals surface area contributed by atoms with E-state index < -0.39 is 22.1 Å². The van der Waals surface area contributed by atoms with Gasteiger partial charge in [-0.2, -0.15) is 4.31 Å². The maximum Gasteiger partial charge on any atom is 0.306 e. The molecule has 0 radical (unpaired) electrons. The summed E-state index contributed by atoms with van der Waals surface area (Å²) in [6.45, 7) is 0.546. The second kappa shape index (κ2) is 5.60. The van der Waals surface area contributed by atoms with Gasteiger partial charge in [0.1, 0.15) is 0 Å². The first kappa shape index (κ1) is 13.4. The van der Waals surface area contributed by atoms with Gasteiger partial charge in [0.2, 0.25) is 10.0 Å². The smallest absolute Gasteiger partial charge is 0.306 e. The van der Waals surface area contributed by atoms with Crippen LogP contribution < -0.4 is 0 Å². The van der Waals surface area contributed by atoms with Crippen molar-refractivity contribution in [1.29, 1.82) is 0 Å². The van der Waals surface area contributed by atoms with Crippen molar-refractivity contribution in [3.8, 4) is 0 Å². The zero-order valence-corrected chi connectivity index (χ0v) is 10.1. The number of carbonyl (C=O) groups excluding carboxylic acids is 1. The van der Waals surface area contributed by atoms with E-state index in [1.54, 1.807) is 0 Å². The molecule has 0 amide bonds. The third-order valence-corrected chi connectivity index (χ3v) is 4.38. The van der Waals surface area contributed by atoms with Crippen LogP contribution in [0.3, 0.4) is 0 Å². The maximum absolute atomic E-state index is 11.8. The number of methoxy groups -OCH3 is 1. The number of sulfonamides is 1. The van der Waals surface area contributed by atoms with Crippen LogP contribution in [0.2, 0.25) is 0 Å². The van der Waals surface area contributed by atoms with Crippen LogP contribution in [0.1, 0.15) is 19.3 Å². The topological polar surface area (TPSA) is 83.9 Å². The Bertz CT molecular complexity index is 340. The summed E-state index contributed by atoms with van der Waals surface area (Å²) in [5, 5.41) is 9.37. The van der Waals surface area contributed by atoms with Crippen molar-refractivity contribution < 1.29 is 23.1 Å². The van der Waals surface area contributed by atoms with Gasteiger partial charge in [0.15, 0.2) is 0 Å². The molecule has 0 saturated carbocycles. The summed E-state index contributed by atoms with van der Waals surface area (Å²) in [6, 6.07) is 0. The predicted molar refractivity (Wildman–Crippen MR) is 57.2 cm³/mol. The zero-order chi connectivity index (χ0) is 12.2. The van der Waals surface area contributed by atoms with Gasteiger partial charge in [-0.1, -0.05) is 0 Å². The van der Waals surface area contributed by atoms with Crippen molar-refractivity contribution in [2.24, 2.45) is 0 Å². The average molecular weight is 251 g/mol. The Hall–Kier alpha value is -0.660. The Morgan fingerprint density at radius 2 is 2.25 bits per heavy atom. The summed E-state index contributed by atoms with van der Waals surface area (Å²) in [6.07, 6.45) is 0.536. The molecule has 6 nitrogen and oxygen atoms in total. The Labute approximate surface area is 95.2 Å².